The highest BCUT2D eigenvalue weighted by atomic mass is 16.7. The Balaban J connectivity index is 1.56. The molecule has 0 aliphatic carbocycles. The lowest BCUT2D eigenvalue weighted by molar-refractivity contribution is -0.386. The average Bonchev–Trinajstić information content (AvgIpc) is 3.37. The Morgan fingerprint density at radius 1 is 1.28 bits per heavy atom. The molecule has 0 amide bonds. The molecule has 2 aliphatic rings. The van der Waals surface area contributed by atoms with Crippen LogP contribution in [-0.2, 0) is 22.8 Å². The molecule has 172 valence electrons. The number of ether oxygens (including phenoxy) is 4. The van der Waals surface area contributed by atoms with E-state index in [1.165, 1.54) is 25.3 Å². The molecule has 13 nitrogen and oxygen atoms in total. The standard InChI is InChI=1S/C19H21N3O10/c1-10-5-20(17-4-13(24)16(6-23)32-17)19(26)21(18(10)25)8-29-7-11-2-14-15(31-9-30-14)3-12(11)22(27)28/h2-3,5,13,16-17,23-24H,4,6-9H2,1H3/t13-,16+,17+/m0/s1. The molecule has 32 heavy (non-hydrogen) atoms. The molecule has 4 rings (SSSR count). The highest BCUT2D eigenvalue weighted by Crippen LogP contribution is 2.38. The minimum atomic E-state index is -0.958. The van der Waals surface area contributed by atoms with E-state index in [9.17, 15) is 29.9 Å². The van der Waals surface area contributed by atoms with Gasteiger partial charge in [-0.1, -0.05) is 0 Å². The molecule has 1 aromatic heterocycles. The molecule has 2 N–H and O–H groups in total. The molecule has 0 saturated carbocycles. The van der Waals surface area contributed by atoms with E-state index in [-0.39, 0.29) is 42.4 Å². The van der Waals surface area contributed by atoms with Gasteiger partial charge in [-0.05, 0) is 13.0 Å². The molecule has 3 atom stereocenters. The summed E-state index contributed by atoms with van der Waals surface area (Å²) in [5.41, 5.74) is -1.16. The maximum absolute atomic E-state index is 12.9. The van der Waals surface area contributed by atoms with E-state index in [0.29, 0.717) is 5.75 Å². The number of rotatable bonds is 7. The number of aromatic nitrogens is 2. The van der Waals surface area contributed by atoms with Gasteiger partial charge in [0.15, 0.2) is 11.5 Å². The minimum absolute atomic E-state index is 0.0515. The maximum atomic E-state index is 12.9. The third kappa shape index (κ3) is 3.98. The SMILES string of the molecule is Cc1cn([C@H]2C[C@H](O)[C@@H](CO)O2)c(=O)n(COCc2cc3c(cc2[N+](=O)[O-])OCO3)c1=O. The predicted octanol–water partition coefficient (Wildman–Crippen LogP) is -0.230. The molecule has 2 aliphatic heterocycles. The van der Waals surface area contributed by atoms with Gasteiger partial charge in [0.05, 0.1) is 35.9 Å². The molecule has 1 saturated heterocycles. The Morgan fingerprint density at radius 2 is 2.00 bits per heavy atom. The van der Waals surface area contributed by atoms with E-state index in [0.717, 1.165) is 9.13 Å². The van der Waals surface area contributed by atoms with Gasteiger partial charge in [0.2, 0.25) is 6.79 Å². The van der Waals surface area contributed by atoms with E-state index in [2.05, 4.69) is 0 Å². The normalized spacial score (nSPS) is 21.8. The van der Waals surface area contributed by atoms with E-state index < -0.39 is 47.9 Å². The van der Waals surface area contributed by atoms with Crippen LogP contribution in [-0.4, -0.2) is 49.9 Å². The summed E-state index contributed by atoms with van der Waals surface area (Å²) in [5.74, 6) is 0.581. The third-order valence-electron chi connectivity index (χ3n) is 5.31. The van der Waals surface area contributed by atoms with E-state index >= 15 is 0 Å². The first kappa shape index (κ1) is 22.0. The lowest BCUT2D eigenvalue weighted by atomic mass is 10.1. The van der Waals surface area contributed by atoms with Crippen LogP contribution in [0.5, 0.6) is 11.5 Å². The first-order valence-corrected chi connectivity index (χ1v) is 9.71. The van der Waals surface area contributed by atoms with Crippen LogP contribution in [0.15, 0.2) is 27.9 Å². The second-order valence-electron chi connectivity index (χ2n) is 7.42. The summed E-state index contributed by atoms with van der Waals surface area (Å²) in [6, 6.07) is 2.65. The Bertz CT molecular complexity index is 1160. The van der Waals surface area contributed by atoms with Crippen LogP contribution < -0.4 is 20.7 Å². The summed E-state index contributed by atoms with van der Waals surface area (Å²) in [6.45, 7) is 0.306. The monoisotopic (exact) mass is 451 g/mol. The second-order valence-corrected chi connectivity index (χ2v) is 7.42. The molecule has 2 aromatic rings. The molecule has 13 heteroatoms. The zero-order valence-electron chi connectivity index (χ0n) is 17.0. The summed E-state index contributed by atoms with van der Waals surface area (Å²) in [6.07, 6.45) is -1.28. The summed E-state index contributed by atoms with van der Waals surface area (Å²) in [4.78, 5) is 36.2. The highest BCUT2D eigenvalue weighted by molar-refractivity contribution is 5.55. The average molecular weight is 451 g/mol. The van der Waals surface area contributed by atoms with Gasteiger partial charge in [0.1, 0.15) is 19.1 Å². The topological polar surface area (TPSA) is 165 Å². The number of nitro benzene ring substituents is 1. The van der Waals surface area contributed by atoms with E-state index in [4.69, 9.17) is 18.9 Å². The Kier molecular flexibility index (Phi) is 5.97. The number of aliphatic hydroxyl groups is 2. The molecular formula is C19H21N3O10. The first-order chi connectivity index (χ1) is 15.3. The molecule has 0 radical (unpaired) electrons. The predicted molar refractivity (Wildman–Crippen MR) is 105 cm³/mol. The Hall–Kier alpha value is -3.26. The third-order valence-corrected chi connectivity index (χ3v) is 5.31. The van der Waals surface area contributed by atoms with Crippen molar-refractivity contribution in [1.82, 2.24) is 9.13 Å². The second kappa shape index (κ2) is 8.70. The van der Waals surface area contributed by atoms with E-state index in [1.54, 1.807) is 0 Å². The fourth-order valence-electron chi connectivity index (χ4n) is 3.63. The van der Waals surface area contributed by atoms with Crippen LogP contribution in [0.2, 0.25) is 0 Å². The van der Waals surface area contributed by atoms with Crippen molar-refractivity contribution in [2.24, 2.45) is 0 Å². The van der Waals surface area contributed by atoms with Crippen LogP contribution in [0, 0.1) is 17.0 Å². The summed E-state index contributed by atoms with van der Waals surface area (Å²) < 4.78 is 23.3. The van der Waals surface area contributed by atoms with Crippen LogP contribution in [0.4, 0.5) is 5.69 Å². The van der Waals surface area contributed by atoms with Crippen molar-refractivity contribution >= 4 is 5.69 Å². The van der Waals surface area contributed by atoms with Gasteiger partial charge in [-0.2, -0.15) is 0 Å². The number of aliphatic hydroxyl groups excluding tert-OH is 2. The smallest absolute Gasteiger partial charge is 0.335 e. The fraction of sp³-hybridized carbons (Fsp3) is 0.474. The summed E-state index contributed by atoms with van der Waals surface area (Å²) >= 11 is 0. The maximum Gasteiger partial charge on any atom is 0.335 e. The van der Waals surface area contributed by atoms with Crippen molar-refractivity contribution in [3.8, 4) is 11.5 Å². The number of hydrogen-bond donors (Lipinski definition) is 2. The van der Waals surface area contributed by atoms with Gasteiger partial charge >= 0.3 is 5.69 Å². The first-order valence-electron chi connectivity index (χ1n) is 9.71. The summed E-state index contributed by atoms with van der Waals surface area (Å²) in [5, 5.41) is 30.6. The highest BCUT2D eigenvalue weighted by Gasteiger charge is 2.35. The largest absolute Gasteiger partial charge is 0.454 e. The number of benzene rings is 1. The fourth-order valence-corrected chi connectivity index (χ4v) is 3.63. The van der Waals surface area contributed by atoms with E-state index in [1.807, 2.05) is 0 Å². The number of fused-ring (bicyclic) bond motifs is 1. The van der Waals surface area contributed by atoms with Crippen molar-refractivity contribution in [2.75, 3.05) is 13.4 Å². The molecule has 0 bridgehead atoms. The summed E-state index contributed by atoms with van der Waals surface area (Å²) in [7, 11) is 0. The van der Waals surface area contributed by atoms with Crippen molar-refractivity contribution in [3.63, 3.8) is 0 Å². The van der Waals surface area contributed by atoms with Gasteiger partial charge < -0.3 is 29.2 Å². The van der Waals surface area contributed by atoms with Gasteiger partial charge in [0, 0.05) is 18.2 Å². The Labute approximate surface area is 180 Å². The molecule has 1 aromatic carbocycles. The van der Waals surface area contributed by atoms with Crippen LogP contribution in [0.3, 0.4) is 0 Å². The Morgan fingerprint density at radius 3 is 2.66 bits per heavy atom. The van der Waals surface area contributed by atoms with Crippen LogP contribution in [0.1, 0.15) is 23.8 Å². The number of aryl methyl sites for hydroxylation is 1. The number of nitrogens with zero attached hydrogens (tertiary/aromatic N) is 3. The quantitative estimate of drug-likeness (QED) is 0.424. The van der Waals surface area contributed by atoms with Gasteiger partial charge in [-0.25, -0.2) is 9.36 Å². The lowest BCUT2D eigenvalue weighted by Gasteiger charge is -2.17. The molecule has 0 spiro atoms. The van der Waals surface area contributed by atoms with Crippen LogP contribution >= 0.6 is 0 Å². The molecule has 0 unspecified atom stereocenters. The molecular weight excluding hydrogens is 430 g/mol. The number of nitro groups is 1. The number of hydrogen-bond acceptors (Lipinski definition) is 10. The van der Waals surface area contributed by atoms with Gasteiger partial charge in [-0.3, -0.25) is 19.5 Å². The minimum Gasteiger partial charge on any atom is -0.454 e. The van der Waals surface area contributed by atoms with Crippen molar-refractivity contribution in [3.05, 3.63) is 60.4 Å². The molecule has 3 heterocycles. The van der Waals surface area contributed by atoms with Gasteiger partial charge in [0.25, 0.3) is 11.2 Å². The zero-order valence-corrected chi connectivity index (χ0v) is 17.0. The van der Waals surface area contributed by atoms with Crippen molar-refractivity contribution in [2.45, 2.75) is 45.1 Å². The van der Waals surface area contributed by atoms with Gasteiger partial charge in [-0.15, -0.1) is 0 Å². The molecule has 1 fully saturated rings. The van der Waals surface area contributed by atoms with Crippen molar-refractivity contribution < 1.29 is 34.1 Å². The van der Waals surface area contributed by atoms with Crippen molar-refractivity contribution in [1.29, 1.82) is 0 Å². The van der Waals surface area contributed by atoms with Crippen LogP contribution in [0.25, 0.3) is 0 Å². The lowest BCUT2D eigenvalue weighted by Crippen LogP contribution is -2.42. The zero-order chi connectivity index (χ0) is 23.0.